The van der Waals surface area contributed by atoms with Crippen molar-refractivity contribution in [2.24, 2.45) is 0 Å². The van der Waals surface area contributed by atoms with Crippen molar-refractivity contribution in [3.63, 3.8) is 0 Å². The Morgan fingerprint density at radius 2 is 0.487 bits per heavy atom. The molecule has 0 heterocycles. The van der Waals surface area contributed by atoms with Gasteiger partial charge >= 0.3 is 17.9 Å². The van der Waals surface area contributed by atoms with Gasteiger partial charge in [0.2, 0.25) is 0 Å². The highest BCUT2D eigenvalue weighted by atomic mass is 16.6. The summed E-state index contributed by atoms with van der Waals surface area (Å²) in [5.41, 5.74) is 0. The van der Waals surface area contributed by atoms with E-state index in [1.807, 2.05) is 0 Å². The van der Waals surface area contributed by atoms with Crippen molar-refractivity contribution in [2.45, 2.75) is 341 Å². The molecule has 1 unspecified atom stereocenters. The maximum Gasteiger partial charge on any atom is 0.306 e. The summed E-state index contributed by atoms with van der Waals surface area (Å²) < 4.78 is 16.9. The predicted octanol–water partition coefficient (Wildman–Crippen LogP) is 23.6. The molecular formula is C74H128O6. The summed E-state index contributed by atoms with van der Waals surface area (Å²) in [6.07, 6.45) is 91.5. The molecule has 0 N–H and O–H groups in total. The van der Waals surface area contributed by atoms with E-state index in [2.05, 4.69) is 118 Å². The lowest BCUT2D eigenvalue weighted by Crippen LogP contribution is -2.30. The molecular weight excluding hydrogens is 985 g/mol. The molecule has 0 radical (unpaired) electrons. The van der Waals surface area contributed by atoms with Crippen LogP contribution < -0.4 is 0 Å². The van der Waals surface area contributed by atoms with E-state index in [9.17, 15) is 14.4 Å². The highest BCUT2D eigenvalue weighted by Gasteiger charge is 2.19. The van der Waals surface area contributed by atoms with Gasteiger partial charge in [0.25, 0.3) is 0 Å². The zero-order chi connectivity index (χ0) is 57.8. The zero-order valence-electron chi connectivity index (χ0n) is 52.8. The van der Waals surface area contributed by atoms with Gasteiger partial charge in [0, 0.05) is 19.3 Å². The Kier molecular flexibility index (Phi) is 64.7. The van der Waals surface area contributed by atoms with E-state index in [0.717, 1.165) is 116 Å². The molecule has 460 valence electrons. The molecule has 6 heteroatoms. The quantitative estimate of drug-likeness (QED) is 0.0261. The lowest BCUT2D eigenvalue weighted by Gasteiger charge is -2.18. The van der Waals surface area contributed by atoms with Gasteiger partial charge in [0.05, 0.1) is 0 Å². The Balaban J connectivity index is 4.15. The van der Waals surface area contributed by atoms with E-state index in [1.165, 1.54) is 180 Å². The number of allylic oxidation sites excluding steroid dienone is 16. The number of rotatable bonds is 62. The van der Waals surface area contributed by atoms with Crippen LogP contribution in [0.4, 0.5) is 0 Å². The number of esters is 3. The molecule has 0 bridgehead atoms. The number of ether oxygens (including phenoxy) is 3. The Hall–Kier alpha value is -3.67. The molecule has 0 aromatic carbocycles. The summed E-state index contributed by atoms with van der Waals surface area (Å²) in [6, 6.07) is 0. The Labute approximate surface area is 496 Å². The van der Waals surface area contributed by atoms with E-state index in [-0.39, 0.29) is 31.1 Å². The summed E-state index contributed by atoms with van der Waals surface area (Å²) in [4.78, 5) is 38.3. The number of hydrogen-bond acceptors (Lipinski definition) is 6. The van der Waals surface area contributed by atoms with Crippen LogP contribution >= 0.6 is 0 Å². The lowest BCUT2D eigenvalue weighted by molar-refractivity contribution is -0.167. The van der Waals surface area contributed by atoms with Crippen LogP contribution in [0.15, 0.2) is 97.2 Å². The smallest absolute Gasteiger partial charge is 0.306 e. The van der Waals surface area contributed by atoms with Crippen molar-refractivity contribution in [3.05, 3.63) is 97.2 Å². The van der Waals surface area contributed by atoms with Crippen LogP contribution in [0.25, 0.3) is 0 Å². The topological polar surface area (TPSA) is 78.9 Å². The fourth-order valence-electron chi connectivity index (χ4n) is 9.78. The first kappa shape index (κ1) is 76.3. The van der Waals surface area contributed by atoms with Gasteiger partial charge in [-0.05, 0) is 96.3 Å². The third kappa shape index (κ3) is 65.1. The molecule has 80 heavy (non-hydrogen) atoms. The fraction of sp³-hybridized carbons (Fsp3) is 0.743. The third-order valence-corrected chi connectivity index (χ3v) is 14.8. The summed E-state index contributed by atoms with van der Waals surface area (Å²) in [5, 5.41) is 0. The lowest BCUT2D eigenvalue weighted by atomic mass is 10.0. The standard InChI is InChI=1S/C74H128O6/c1-4-7-10-13-16-19-22-24-26-28-30-32-33-34-35-36-37-38-39-40-41-43-44-46-48-50-52-55-58-61-64-67-73(76)79-70-71(69-78-72(75)66-63-60-57-54-21-18-15-12-9-6-3)80-74(77)68-65-62-59-56-53-51-49-47-45-42-31-29-27-25-23-20-17-14-11-8-5-2/h7-8,10-11,16-17,19-20,24-27,30-32,42,71H,4-6,9,12-15,18,21-23,28-29,33-41,43-70H2,1-3H3/b10-7-,11-8-,19-16-,20-17-,26-24-,27-25-,32-30-,42-31-. The summed E-state index contributed by atoms with van der Waals surface area (Å²) in [6.45, 7) is 6.43. The van der Waals surface area contributed by atoms with Crippen LogP contribution in [0, 0.1) is 0 Å². The first-order valence-corrected chi connectivity index (χ1v) is 34.2. The fourth-order valence-corrected chi connectivity index (χ4v) is 9.78. The highest BCUT2D eigenvalue weighted by Crippen LogP contribution is 2.17. The van der Waals surface area contributed by atoms with Crippen LogP contribution in [0.3, 0.4) is 0 Å². The minimum atomic E-state index is -0.780. The maximum atomic E-state index is 12.9. The summed E-state index contributed by atoms with van der Waals surface area (Å²) >= 11 is 0. The Morgan fingerprint density at radius 3 is 0.762 bits per heavy atom. The second-order valence-electron chi connectivity index (χ2n) is 22.7. The molecule has 0 spiro atoms. The Bertz CT molecular complexity index is 1560. The molecule has 6 nitrogen and oxygen atoms in total. The van der Waals surface area contributed by atoms with Crippen molar-refractivity contribution in [1.82, 2.24) is 0 Å². The first-order valence-electron chi connectivity index (χ1n) is 34.2. The third-order valence-electron chi connectivity index (χ3n) is 14.8. The molecule has 0 aromatic heterocycles. The van der Waals surface area contributed by atoms with E-state index in [0.29, 0.717) is 19.3 Å². The van der Waals surface area contributed by atoms with Gasteiger partial charge in [-0.3, -0.25) is 14.4 Å². The van der Waals surface area contributed by atoms with E-state index in [1.54, 1.807) is 0 Å². The van der Waals surface area contributed by atoms with Crippen molar-refractivity contribution < 1.29 is 28.6 Å². The minimum absolute atomic E-state index is 0.0762. The highest BCUT2D eigenvalue weighted by molar-refractivity contribution is 5.71. The van der Waals surface area contributed by atoms with Gasteiger partial charge in [0.1, 0.15) is 13.2 Å². The van der Waals surface area contributed by atoms with Crippen LogP contribution in [0.5, 0.6) is 0 Å². The molecule has 0 saturated heterocycles. The molecule has 1 atom stereocenters. The second-order valence-corrected chi connectivity index (χ2v) is 22.7. The number of unbranched alkanes of at least 4 members (excludes halogenated alkanes) is 35. The Morgan fingerprint density at radius 1 is 0.263 bits per heavy atom. The van der Waals surface area contributed by atoms with Crippen molar-refractivity contribution >= 4 is 17.9 Å². The van der Waals surface area contributed by atoms with Crippen LogP contribution in [0.1, 0.15) is 335 Å². The second kappa shape index (κ2) is 67.8. The molecule has 0 saturated carbocycles. The first-order chi connectivity index (χ1) is 39.5. The van der Waals surface area contributed by atoms with Crippen molar-refractivity contribution in [1.29, 1.82) is 0 Å². The van der Waals surface area contributed by atoms with Crippen molar-refractivity contribution in [2.75, 3.05) is 13.2 Å². The van der Waals surface area contributed by atoms with Gasteiger partial charge in [-0.15, -0.1) is 0 Å². The van der Waals surface area contributed by atoms with E-state index < -0.39 is 6.10 Å². The van der Waals surface area contributed by atoms with Crippen LogP contribution in [-0.4, -0.2) is 37.2 Å². The van der Waals surface area contributed by atoms with Gasteiger partial charge in [-0.1, -0.05) is 317 Å². The number of carbonyl (C=O) groups excluding carboxylic acids is 3. The normalized spacial score (nSPS) is 12.7. The zero-order valence-corrected chi connectivity index (χ0v) is 52.8. The largest absolute Gasteiger partial charge is 0.462 e. The predicted molar refractivity (Wildman–Crippen MR) is 348 cm³/mol. The SMILES string of the molecule is CC/C=C\C/C=C\C/C=C\C/C=C\CCCCCCCCCCCCCCCCCCCCC(=O)OCC(COC(=O)CCCCCCCCCCCC)OC(=O)CCCCCCCCCC/C=C\C/C=C\C/C=C\C/C=C\CC. The van der Waals surface area contributed by atoms with Crippen LogP contribution in [0.2, 0.25) is 0 Å². The van der Waals surface area contributed by atoms with E-state index in [4.69, 9.17) is 14.2 Å². The average molecular weight is 1110 g/mol. The number of hydrogen-bond donors (Lipinski definition) is 0. The maximum absolute atomic E-state index is 12.9. The molecule has 0 fully saturated rings. The molecule has 0 rings (SSSR count). The average Bonchev–Trinajstić information content (AvgIpc) is 3.46. The molecule has 0 aliphatic rings. The van der Waals surface area contributed by atoms with Gasteiger partial charge in [-0.2, -0.15) is 0 Å². The minimum Gasteiger partial charge on any atom is -0.462 e. The van der Waals surface area contributed by atoms with Gasteiger partial charge in [0.15, 0.2) is 6.10 Å². The molecule has 0 amide bonds. The summed E-state index contributed by atoms with van der Waals surface area (Å²) in [5.74, 6) is -0.870. The summed E-state index contributed by atoms with van der Waals surface area (Å²) in [7, 11) is 0. The monoisotopic (exact) mass is 1110 g/mol. The van der Waals surface area contributed by atoms with E-state index >= 15 is 0 Å². The van der Waals surface area contributed by atoms with Gasteiger partial charge in [-0.25, -0.2) is 0 Å². The van der Waals surface area contributed by atoms with Crippen LogP contribution in [-0.2, 0) is 28.6 Å². The molecule has 0 aromatic rings. The molecule has 0 aliphatic heterocycles. The van der Waals surface area contributed by atoms with Gasteiger partial charge < -0.3 is 14.2 Å². The molecule has 0 aliphatic carbocycles. The van der Waals surface area contributed by atoms with Crippen molar-refractivity contribution in [3.8, 4) is 0 Å². The number of carbonyl (C=O) groups is 3.